The van der Waals surface area contributed by atoms with Crippen LogP contribution in [0.25, 0.3) is 0 Å². The Bertz CT molecular complexity index is 695. The van der Waals surface area contributed by atoms with Gasteiger partial charge >= 0.3 is 0 Å². The van der Waals surface area contributed by atoms with Gasteiger partial charge in [-0.15, -0.1) is 0 Å². The van der Waals surface area contributed by atoms with Crippen molar-refractivity contribution in [3.05, 3.63) is 35.6 Å². The minimum atomic E-state index is -0.262. The number of hydrogen-bond acceptors (Lipinski definition) is 5. The summed E-state index contributed by atoms with van der Waals surface area (Å²) in [7, 11) is 0. The maximum atomic E-state index is 13.1. The summed E-state index contributed by atoms with van der Waals surface area (Å²) < 4.78 is 18.9. The molecule has 2 fully saturated rings. The monoisotopic (exact) mass is 388 g/mol. The van der Waals surface area contributed by atoms with Crippen molar-refractivity contribution < 1.29 is 13.9 Å². The highest BCUT2D eigenvalue weighted by Crippen LogP contribution is 2.22. The minimum Gasteiger partial charge on any atom is -0.371 e. The number of nitrogens with zero attached hydrogens (tertiary/aromatic N) is 4. The zero-order valence-corrected chi connectivity index (χ0v) is 16.7. The molecule has 3 rings (SSSR count). The van der Waals surface area contributed by atoms with E-state index >= 15 is 0 Å². The highest BCUT2D eigenvalue weighted by molar-refractivity contribution is 5.78. The standard InChI is InChI=1S/C21H29FN4O2/c1-16(2)19(13-23)25-7-9-26(10-8-25)21(27)15-24-11-12-28-20(14-24)17-3-5-18(22)6-4-17/h3-6,16,19-20H,7-12,14-15H2,1-2H3/t19-,20-/m0/s1. The van der Waals surface area contributed by atoms with Crippen molar-refractivity contribution >= 4 is 5.91 Å². The zero-order chi connectivity index (χ0) is 20.1. The fraction of sp³-hybridized carbons (Fsp3) is 0.619. The summed E-state index contributed by atoms with van der Waals surface area (Å²) >= 11 is 0. The SMILES string of the molecule is CC(C)[C@H](C#N)N1CCN(C(=O)CN2CCO[C@H](c3ccc(F)cc3)C2)CC1. The molecule has 2 heterocycles. The third-order valence-electron chi connectivity index (χ3n) is 5.58. The van der Waals surface area contributed by atoms with Gasteiger partial charge in [0.2, 0.25) is 5.91 Å². The van der Waals surface area contributed by atoms with Crippen LogP contribution < -0.4 is 0 Å². The molecular formula is C21H29FN4O2. The average molecular weight is 388 g/mol. The molecule has 152 valence electrons. The normalized spacial score (nSPS) is 22.8. The molecule has 7 heteroatoms. The van der Waals surface area contributed by atoms with Crippen molar-refractivity contribution in [2.24, 2.45) is 5.92 Å². The molecule has 1 amide bonds. The van der Waals surface area contributed by atoms with E-state index in [0.717, 1.165) is 18.7 Å². The van der Waals surface area contributed by atoms with Crippen LogP contribution in [0, 0.1) is 23.1 Å². The summed E-state index contributed by atoms with van der Waals surface area (Å²) in [6.45, 7) is 9.18. The highest BCUT2D eigenvalue weighted by Gasteiger charge is 2.29. The Hall–Kier alpha value is -2.01. The van der Waals surface area contributed by atoms with E-state index in [0.29, 0.717) is 39.3 Å². The van der Waals surface area contributed by atoms with Gasteiger partial charge in [0.25, 0.3) is 0 Å². The molecular weight excluding hydrogens is 359 g/mol. The number of benzene rings is 1. The van der Waals surface area contributed by atoms with Gasteiger partial charge in [0.05, 0.1) is 25.3 Å². The number of carbonyl (C=O) groups is 1. The maximum Gasteiger partial charge on any atom is 0.236 e. The molecule has 0 bridgehead atoms. The van der Waals surface area contributed by atoms with Crippen molar-refractivity contribution in [2.75, 3.05) is 52.4 Å². The summed E-state index contributed by atoms with van der Waals surface area (Å²) in [4.78, 5) is 18.9. The van der Waals surface area contributed by atoms with Gasteiger partial charge < -0.3 is 9.64 Å². The number of amides is 1. The lowest BCUT2D eigenvalue weighted by atomic mass is 10.0. The van der Waals surface area contributed by atoms with Crippen molar-refractivity contribution in [1.82, 2.24) is 14.7 Å². The van der Waals surface area contributed by atoms with Gasteiger partial charge in [-0.2, -0.15) is 5.26 Å². The number of nitriles is 1. The lowest BCUT2D eigenvalue weighted by molar-refractivity contribution is -0.136. The molecule has 0 unspecified atom stereocenters. The van der Waals surface area contributed by atoms with E-state index in [9.17, 15) is 14.4 Å². The molecule has 2 atom stereocenters. The zero-order valence-electron chi connectivity index (χ0n) is 16.7. The van der Waals surface area contributed by atoms with Gasteiger partial charge in [-0.3, -0.25) is 14.6 Å². The van der Waals surface area contributed by atoms with E-state index in [2.05, 4.69) is 29.7 Å². The lowest BCUT2D eigenvalue weighted by Gasteiger charge is -2.39. The van der Waals surface area contributed by atoms with Gasteiger partial charge in [-0.1, -0.05) is 26.0 Å². The number of rotatable bonds is 5. The van der Waals surface area contributed by atoms with Crippen LogP contribution in [0.4, 0.5) is 4.39 Å². The third kappa shape index (κ3) is 5.07. The maximum absolute atomic E-state index is 13.1. The van der Waals surface area contributed by atoms with Crippen LogP contribution in [-0.2, 0) is 9.53 Å². The van der Waals surface area contributed by atoms with E-state index < -0.39 is 0 Å². The van der Waals surface area contributed by atoms with E-state index in [1.54, 1.807) is 12.1 Å². The molecule has 1 aromatic carbocycles. The summed E-state index contributed by atoms with van der Waals surface area (Å²) in [5.41, 5.74) is 0.934. The molecule has 28 heavy (non-hydrogen) atoms. The number of hydrogen-bond donors (Lipinski definition) is 0. The van der Waals surface area contributed by atoms with Crippen molar-refractivity contribution in [2.45, 2.75) is 26.0 Å². The first-order valence-electron chi connectivity index (χ1n) is 9.99. The number of halogens is 1. The van der Waals surface area contributed by atoms with Gasteiger partial charge in [-0.05, 0) is 23.6 Å². The molecule has 1 aromatic rings. The molecule has 2 aliphatic rings. The van der Waals surface area contributed by atoms with Gasteiger partial charge in [-0.25, -0.2) is 4.39 Å². The minimum absolute atomic E-state index is 0.0898. The molecule has 0 spiro atoms. The Morgan fingerprint density at radius 3 is 2.50 bits per heavy atom. The Balaban J connectivity index is 1.50. The van der Waals surface area contributed by atoms with E-state index in [-0.39, 0.29) is 29.8 Å². The Labute approximate surface area is 166 Å². The molecule has 0 saturated carbocycles. The van der Waals surface area contributed by atoms with Crippen LogP contribution in [0.15, 0.2) is 24.3 Å². The summed E-state index contributed by atoms with van der Waals surface area (Å²) in [6.07, 6.45) is -0.138. The molecule has 0 aromatic heterocycles. The van der Waals surface area contributed by atoms with Gasteiger partial charge in [0.15, 0.2) is 0 Å². The van der Waals surface area contributed by atoms with Crippen LogP contribution in [-0.4, -0.2) is 79.1 Å². The number of piperazine rings is 1. The van der Waals surface area contributed by atoms with Crippen LogP contribution in [0.1, 0.15) is 25.5 Å². The Morgan fingerprint density at radius 2 is 1.89 bits per heavy atom. The molecule has 6 nitrogen and oxygen atoms in total. The van der Waals surface area contributed by atoms with Crippen LogP contribution in [0.3, 0.4) is 0 Å². The third-order valence-corrected chi connectivity index (χ3v) is 5.58. The van der Waals surface area contributed by atoms with Gasteiger partial charge in [0, 0.05) is 39.3 Å². The number of carbonyl (C=O) groups excluding carboxylic acids is 1. The van der Waals surface area contributed by atoms with E-state index in [4.69, 9.17) is 4.74 Å². The van der Waals surface area contributed by atoms with E-state index in [1.807, 2.05) is 4.90 Å². The van der Waals surface area contributed by atoms with Crippen LogP contribution in [0.5, 0.6) is 0 Å². The van der Waals surface area contributed by atoms with Gasteiger partial charge in [0.1, 0.15) is 11.9 Å². The molecule has 0 radical (unpaired) electrons. The second-order valence-electron chi connectivity index (χ2n) is 7.88. The summed E-state index contributed by atoms with van der Waals surface area (Å²) in [5.74, 6) is 0.142. The lowest BCUT2D eigenvalue weighted by Crippen LogP contribution is -2.55. The molecule has 0 N–H and O–H groups in total. The van der Waals surface area contributed by atoms with E-state index in [1.165, 1.54) is 12.1 Å². The Kier molecular flexibility index (Phi) is 7.00. The topological polar surface area (TPSA) is 59.8 Å². The second kappa shape index (κ2) is 9.46. The second-order valence-corrected chi connectivity index (χ2v) is 7.88. The van der Waals surface area contributed by atoms with Crippen LogP contribution in [0.2, 0.25) is 0 Å². The number of morpholine rings is 1. The van der Waals surface area contributed by atoms with Crippen molar-refractivity contribution in [3.63, 3.8) is 0 Å². The largest absolute Gasteiger partial charge is 0.371 e. The van der Waals surface area contributed by atoms with Crippen molar-refractivity contribution in [3.8, 4) is 6.07 Å². The average Bonchev–Trinajstić information content (AvgIpc) is 2.69. The molecule has 2 saturated heterocycles. The quantitative estimate of drug-likeness (QED) is 0.771. The predicted octanol–water partition coefficient (Wildman–Crippen LogP) is 1.89. The fourth-order valence-electron chi connectivity index (χ4n) is 3.92. The first-order chi connectivity index (χ1) is 13.5. The van der Waals surface area contributed by atoms with Crippen LogP contribution >= 0.6 is 0 Å². The Morgan fingerprint density at radius 1 is 1.21 bits per heavy atom. The van der Waals surface area contributed by atoms with Crippen molar-refractivity contribution in [1.29, 1.82) is 5.26 Å². The summed E-state index contributed by atoms with van der Waals surface area (Å²) in [6, 6.07) is 8.65. The smallest absolute Gasteiger partial charge is 0.236 e. The molecule has 0 aliphatic carbocycles. The summed E-state index contributed by atoms with van der Waals surface area (Å²) in [5, 5.41) is 9.36. The number of ether oxygens (including phenoxy) is 1. The fourth-order valence-corrected chi connectivity index (χ4v) is 3.92. The molecule has 2 aliphatic heterocycles. The highest BCUT2D eigenvalue weighted by atomic mass is 19.1. The first kappa shape index (κ1) is 20.7. The predicted molar refractivity (Wildman–Crippen MR) is 104 cm³/mol. The first-order valence-corrected chi connectivity index (χ1v) is 9.99.